The number of para-hydroxylation sites is 1. The van der Waals surface area contributed by atoms with Gasteiger partial charge in [0.25, 0.3) is 0 Å². The number of aryl methyl sites for hydroxylation is 1. The predicted octanol–water partition coefficient (Wildman–Crippen LogP) is 2.00. The molecule has 0 spiro atoms. The zero-order chi connectivity index (χ0) is 16.7. The van der Waals surface area contributed by atoms with Gasteiger partial charge in [0.2, 0.25) is 0 Å². The summed E-state index contributed by atoms with van der Waals surface area (Å²) in [6, 6.07) is 10.9. The molecular formula is C19H26N4O. The normalized spacial score (nSPS) is 25.1. The first-order valence-corrected chi connectivity index (χ1v) is 8.78. The lowest BCUT2D eigenvalue weighted by Gasteiger charge is -2.33. The molecule has 4 rings (SSSR count). The molecule has 5 nitrogen and oxygen atoms in total. The van der Waals surface area contributed by atoms with Gasteiger partial charge >= 0.3 is 0 Å². The molecule has 0 unspecified atom stereocenters. The molecule has 0 aliphatic carbocycles. The first-order chi connectivity index (χ1) is 11.6. The third-order valence-electron chi connectivity index (χ3n) is 5.48. The average Bonchev–Trinajstić information content (AvgIpc) is 3.13. The molecule has 0 bridgehead atoms. The van der Waals surface area contributed by atoms with Crippen LogP contribution in [0.1, 0.15) is 17.0 Å². The van der Waals surface area contributed by atoms with Gasteiger partial charge in [-0.2, -0.15) is 5.10 Å². The predicted molar refractivity (Wildman–Crippen MR) is 94.5 cm³/mol. The number of rotatable bonds is 3. The second-order valence-corrected chi connectivity index (χ2v) is 7.05. The van der Waals surface area contributed by atoms with E-state index in [9.17, 15) is 0 Å². The summed E-state index contributed by atoms with van der Waals surface area (Å²) in [4.78, 5) is 4.96. The third kappa shape index (κ3) is 2.77. The number of nitrogens with zero attached hydrogens (tertiary/aromatic N) is 4. The number of morpholine rings is 1. The van der Waals surface area contributed by atoms with Crippen LogP contribution in [0.5, 0.6) is 0 Å². The van der Waals surface area contributed by atoms with Gasteiger partial charge in [-0.1, -0.05) is 18.2 Å². The van der Waals surface area contributed by atoms with Crippen LogP contribution in [0.2, 0.25) is 0 Å². The van der Waals surface area contributed by atoms with Gasteiger partial charge in [-0.15, -0.1) is 0 Å². The number of fused-ring (bicyclic) bond motifs is 1. The largest absolute Gasteiger partial charge is 0.374 e. The number of aromatic nitrogens is 2. The van der Waals surface area contributed by atoms with Gasteiger partial charge in [0.15, 0.2) is 0 Å². The fraction of sp³-hybridized carbons (Fsp3) is 0.526. The van der Waals surface area contributed by atoms with E-state index in [1.54, 1.807) is 0 Å². The van der Waals surface area contributed by atoms with E-state index in [-0.39, 0.29) is 0 Å². The molecule has 2 atom stereocenters. The molecule has 0 saturated carbocycles. The summed E-state index contributed by atoms with van der Waals surface area (Å²) in [5.41, 5.74) is 4.84. The quantitative estimate of drug-likeness (QED) is 0.864. The number of hydrogen-bond acceptors (Lipinski definition) is 4. The number of likely N-dealkylation sites (N-methyl/N-ethyl adjacent to an activating group) is 1. The van der Waals surface area contributed by atoms with Crippen LogP contribution in [0.3, 0.4) is 0 Å². The van der Waals surface area contributed by atoms with Gasteiger partial charge < -0.3 is 4.74 Å². The highest BCUT2D eigenvalue weighted by Gasteiger charge is 2.38. The first-order valence-electron chi connectivity index (χ1n) is 8.78. The smallest absolute Gasteiger partial charge is 0.0869 e. The van der Waals surface area contributed by atoms with Crippen molar-refractivity contribution in [3.8, 4) is 5.69 Å². The van der Waals surface area contributed by atoms with Crippen molar-refractivity contribution in [2.75, 3.05) is 33.3 Å². The van der Waals surface area contributed by atoms with Crippen molar-refractivity contribution in [1.82, 2.24) is 19.6 Å². The molecule has 0 amide bonds. The molecule has 1 aromatic heterocycles. The van der Waals surface area contributed by atoms with Crippen LogP contribution >= 0.6 is 0 Å². The Labute approximate surface area is 143 Å². The fourth-order valence-corrected chi connectivity index (χ4v) is 4.01. The monoisotopic (exact) mass is 326 g/mol. The van der Waals surface area contributed by atoms with Crippen LogP contribution in [-0.2, 0) is 11.3 Å². The number of likely N-dealkylation sites (tertiary alicyclic amines) is 1. The Morgan fingerprint density at radius 1 is 1.17 bits per heavy atom. The second-order valence-electron chi connectivity index (χ2n) is 7.05. The molecule has 2 aromatic rings. The van der Waals surface area contributed by atoms with E-state index in [2.05, 4.69) is 59.6 Å². The van der Waals surface area contributed by atoms with Gasteiger partial charge in [-0.25, -0.2) is 4.68 Å². The van der Waals surface area contributed by atoms with Crippen LogP contribution < -0.4 is 0 Å². The molecule has 0 N–H and O–H groups in total. The molecular weight excluding hydrogens is 300 g/mol. The maximum absolute atomic E-state index is 5.97. The zero-order valence-corrected chi connectivity index (χ0v) is 14.8. The standard InChI is InChI=1S/C19H26N4O/c1-14-17(15(2)23(20-14)16-7-5-4-6-8-16)11-22-12-18-19(13-22)24-10-9-21(18)3/h4-8,18-19H,9-13H2,1-3H3/t18-,19+/m1/s1. The van der Waals surface area contributed by atoms with Crippen molar-refractivity contribution in [3.05, 3.63) is 47.3 Å². The highest BCUT2D eigenvalue weighted by atomic mass is 16.5. The molecule has 2 aliphatic rings. The molecule has 2 saturated heterocycles. The molecule has 3 heterocycles. The molecule has 5 heteroatoms. The molecule has 0 radical (unpaired) electrons. The maximum Gasteiger partial charge on any atom is 0.0869 e. The van der Waals surface area contributed by atoms with Crippen LogP contribution in [0.4, 0.5) is 0 Å². The number of ether oxygens (including phenoxy) is 1. The molecule has 24 heavy (non-hydrogen) atoms. The third-order valence-corrected chi connectivity index (χ3v) is 5.48. The second kappa shape index (κ2) is 6.31. The summed E-state index contributed by atoms with van der Waals surface area (Å²) in [6.07, 6.45) is 0.355. The molecule has 2 fully saturated rings. The van der Waals surface area contributed by atoms with Crippen LogP contribution in [0.25, 0.3) is 5.69 Å². The summed E-state index contributed by atoms with van der Waals surface area (Å²) < 4.78 is 8.04. The minimum Gasteiger partial charge on any atom is -0.374 e. The Balaban J connectivity index is 1.54. The lowest BCUT2D eigenvalue weighted by Crippen LogP contribution is -2.48. The van der Waals surface area contributed by atoms with Crippen LogP contribution in [-0.4, -0.2) is 65.0 Å². The zero-order valence-electron chi connectivity index (χ0n) is 14.8. The minimum absolute atomic E-state index is 0.355. The van der Waals surface area contributed by atoms with Crippen molar-refractivity contribution >= 4 is 0 Å². The van der Waals surface area contributed by atoms with Crippen molar-refractivity contribution in [2.45, 2.75) is 32.5 Å². The van der Waals surface area contributed by atoms with E-state index in [1.807, 2.05) is 6.07 Å². The summed E-state index contributed by atoms with van der Waals surface area (Å²) in [5.74, 6) is 0. The maximum atomic E-state index is 5.97. The summed E-state index contributed by atoms with van der Waals surface area (Å²) in [6.45, 7) is 9.24. The van der Waals surface area contributed by atoms with Crippen molar-refractivity contribution < 1.29 is 4.74 Å². The van der Waals surface area contributed by atoms with E-state index >= 15 is 0 Å². The van der Waals surface area contributed by atoms with Gasteiger partial charge in [0.05, 0.1) is 24.1 Å². The van der Waals surface area contributed by atoms with Crippen molar-refractivity contribution in [3.63, 3.8) is 0 Å². The number of hydrogen-bond donors (Lipinski definition) is 0. The Bertz CT molecular complexity index is 712. The lowest BCUT2D eigenvalue weighted by molar-refractivity contribution is -0.0370. The van der Waals surface area contributed by atoms with Crippen LogP contribution in [0.15, 0.2) is 30.3 Å². The summed E-state index contributed by atoms with van der Waals surface area (Å²) in [7, 11) is 2.22. The molecule has 2 aliphatic heterocycles. The van der Waals surface area contributed by atoms with Crippen LogP contribution in [0, 0.1) is 13.8 Å². The Hall–Kier alpha value is -1.69. The van der Waals surface area contributed by atoms with E-state index in [0.29, 0.717) is 12.1 Å². The molecule has 128 valence electrons. The first kappa shape index (κ1) is 15.8. The minimum atomic E-state index is 0.355. The summed E-state index contributed by atoms with van der Waals surface area (Å²) >= 11 is 0. The van der Waals surface area contributed by atoms with E-state index < -0.39 is 0 Å². The fourth-order valence-electron chi connectivity index (χ4n) is 4.01. The van der Waals surface area contributed by atoms with E-state index in [1.165, 1.54) is 11.3 Å². The van der Waals surface area contributed by atoms with Crippen molar-refractivity contribution in [2.24, 2.45) is 0 Å². The summed E-state index contributed by atoms with van der Waals surface area (Å²) in [5, 5.41) is 4.78. The van der Waals surface area contributed by atoms with E-state index in [4.69, 9.17) is 9.84 Å². The van der Waals surface area contributed by atoms with E-state index in [0.717, 1.165) is 44.2 Å². The Morgan fingerprint density at radius 2 is 1.96 bits per heavy atom. The van der Waals surface area contributed by atoms with Gasteiger partial charge in [-0.3, -0.25) is 9.80 Å². The Morgan fingerprint density at radius 3 is 2.71 bits per heavy atom. The van der Waals surface area contributed by atoms with Gasteiger partial charge in [0.1, 0.15) is 0 Å². The topological polar surface area (TPSA) is 33.5 Å². The SMILES string of the molecule is Cc1nn(-c2ccccc2)c(C)c1CN1C[C@@H]2OCCN(C)[C@@H]2C1. The highest BCUT2D eigenvalue weighted by Crippen LogP contribution is 2.25. The molecule has 1 aromatic carbocycles. The highest BCUT2D eigenvalue weighted by molar-refractivity contribution is 5.37. The van der Waals surface area contributed by atoms with Gasteiger partial charge in [-0.05, 0) is 33.0 Å². The Kier molecular flexibility index (Phi) is 4.16. The number of benzene rings is 1. The van der Waals surface area contributed by atoms with Crippen molar-refractivity contribution in [1.29, 1.82) is 0 Å². The lowest BCUT2D eigenvalue weighted by atomic mass is 10.1. The van der Waals surface area contributed by atoms with Gasteiger partial charge in [0, 0.05) is 43.5 Å². The average molecular weight is 326 g/mol.